The second-order valence-corrected chi connectivity index (χ2v) is 4.21. The third kappa shape index (κ3) is 1.98. The van der Waals surface area contributed by atoms with Gasteiger partial charge in [-0.25, -0.2) is 4.98 Å². The Morgan fingerprint density at radius 1 is 1.60 bits per heavy atom. The molecule has 4 heteroatoms. The summed E-state index contributed by atoms with van der Waals surface area (Å²) in [4.78, 5) is 15.1. The lowest BCUT2D eigenvalue weighted by atomic mass is 9.78. The summed E-state index contributed by atoms with van der Waals surface area (Å²) >= 11 is 0. The lowest BCUT2D eigenvalue weighted by Gasteiger charge is -2.39. The van der Waals surface area contributed by atoms with E-state index in [-0.39, 0.29) is 17.0 Å². The molecule has 0 aromatic carbocycles. The predicted molar refractivity (Wildman–Crippen MR) is 53.9 cm³/mol. The molecule has 0 radical (unpaired) electrons. The van der Waals surface area contributed by atoms with Gasteiger partial charge in [-0.2, -0.15) is 4.39 Å². The number of hydrogen-bond acceptors (Lipinski definition) is 2. The van der Waals surface area contributed by atoms with Crippen molar-refractivity contribution in [1.82, 2.24) is 10.3 Å². The highest BCUT2D eigenvalue weighted by molar-refractivity contribution is 5.94. The molecule has 3 nitrogen and oxygen atoms in total. The number of hydrogen-bond donors (Lipinski definition) is 1. The molecular formula is C11H13FN2O. The van der Waals surface area contributed by atoms with Crippen LogP contribution in [0.2, 0.25) is 0 Å². The first-order valence-corrected chi connectivity index (χ1v) is 5.04. The number of nitrogens with one attached hydrogen (secondary N) is 1. The number of carbonyl (C=O) groups is 1. The molecule has 0 atom stereocenters. The number of halogens is 1. The minimum atomic E-state index is -0.710. The maximum absolute atomic E-state index is 13.2. The lowest BCUT2D eigenvalue weighted by Crippen LogP contribution is -2.51. The monoisotopic (exact) mass is 208 g/mol. The Bertz CT molecular complexity index is 388. The van der Waals surface area contributed by atoms with Crippen LogP contribution in [-0.4, -0.2) is 16.4 Å². The van der Waals surface area contributed by atoms with Crippen molar-refractivity contribution in [3.05, 3.63) is 29.8 Å². The van der Waals surface area contributed by atoms with Gasteiger partial charge in [-0.05, 0) is 38.3 Å². The van der Waals surface area contributed by atoms with E-state index in [4.69, 9.17) is 0 Å². The fourth-order valence-electron chi connectivity index (χ4n) is 1.73. The van der Waals surface area contributed by atoms with Gasteiger partial charge in [-0.3, -0.25) is 4.79 Å². The maximum Gasteiger partial charge on any atom is 0.256 e. The molecular weight excluding hydrogens is 195 g/mol. The van der Waals surface area contributed by atoms with E-state index in [1.165, 1.54) is 12.3 Å². The molecule has 1 fully saturated rings. The first-order valence-electron chi connectivity index (χ1n) is 5.04. The molecule has 1 amide bonds. The van der Waals surface area contributed by atoms with Gasteiger partial charge in [-0.1, -0.05) is 0 Å². The summed E-state index contributed by atoms with van der Waals surface area (Å²) in [5.74, 6) is -1.08. The Labute approximate surface area is 87.7 Å². The van der Waals surface area contributed by atoms with Crippen molar-refractivity contribution in [2.75, 3.05) is 0 Å². The number of rotatable bonds is 2. The Morgan fingerprint density at radius 3 is 2.87 bits per heavy atom. The van der Waals surface area contributed by atoms with E-state index in [1.807, 2.05) is 6.92 Å². The molecule has 0 spiro atoms. The van der Waals surface area contributed by atoms with E-state index in [0.29, 0.717) is 0 Å². The highest BCUT2D eigenvalue weighted by Gasteiger charge is 2.33. The van der Waals surface area contributed by atoms with Crippen LogP contribution in [-0.2, 0) is 0 Å². The van der Waals surface area contributed by atoms with Crippen LogP contribution in [0.4, 0.5) is 4.39 Å². The van der Waals surface area contributed by atoms with E-state index >= 15 is 0 Å². The van der Waals surface area contributed by atoms with Gasteiger partial charge >= 0.3 is 0 Å². The third-order valence-electron chi connectivity index (χ3n) is 2.88. The fraction of sp³-hybridized carbons (Fsp3) is 0.455. The first-order chi connectivity index (χ1) is 7.11. The minimum absolute atomic E-state index is 0.0191. The molecule has 80 valence electrons. The highest BCUT2D eigenvalue weighted by atomic mass is 19.1. The van der Waals surface area contributed by atoms with Crippen molar-refractivity contribution in [2.24, 2.45) is 0 Å². The van der Waals surface area contributed by atoms with E-state index < -0.39 is 5.95 Å². The van der Waals surface area contributed by atoms with Gasteiger partial charge in [0.2, 0.25) is 5.95 Å². The summed E-state index contributed by atoms with van der Waals surface area (Å²) < 4.78 is 13.2. The van der Waals surface area contributed by atoms with Crippen molar-refractivity contribution in [1.29, 1.82) is 0 Å². The van der Waals surface area contributed by atoms with Gasteiger partial charge in [0, 0.05) is 11.7 Å². The Balaban J connectivity index is 2.11. The molecule has 1 saturated carbocycles. The van der Waals surface area contributed by atoms with Crippen LogP contribution in [0.3, 0.4) is 0 Å². The molecule has 1 aromatic heterocycles. The van der Waals surface area contributed by atoms with E-state index in [1.54, 1.807) is 6.07 Å². The van der Waals surface area contributed by atoms with Crippen LogP contribution in [0.25, 0.3) is 0 Å². The average molecular weight is 208 g/mol. The van der Waals surface area contributed by atoms with Gasteiger partial charge in [0.15, 0.2) is 0 Å². The Kier molecular flexibility index (Phi) is 2.42. The summed E-state index contributed by atoms with van der Waals surface area (Å²) in [5, 5.41) is 2.83. The molecule has 1 aliphatic rings. The summed E-state index contributed by atoms with van der Waals surface area (Å²) in [7, 11) is 0. The molecule has 15 heavy (non-hydrogen) atoms. The van der Waals surface area contributed by atoms with Crippen molar-refractivity contribution in [3.8, 4) is 0 Å². The fourth-order valence-corrected chi connectivity index (χ4v) is 1.73. The Hall–Kier alpha value is -1.45. The minimum Gasteiger partial charge on any atom is -0.347 e. The normalized spacial score (nSPS) is 18.0. The standard InChI is InChI=1S/C11H13FN2O/c1-11(5-3-6-11)14-10(15)8-4-2-7-13-9(8)12/h2,4,7H,3,5-6H2,1H3,(H,14,15). The Morgan fingerprint density at radius 2 is 2.33 bits per heavy atom. The number of carbonyl (C=O) groups excluding carboxylic acids is 1. The molecule has 1 N–H and O–H groups in total. The largest absolute Gasteiger partial charge is 0.347 e. The van der Waals surface area contributed by atoms with Gasteiger partial charge in [0.1, 0.15) is 0 Å². The topological polar surface area (TPSA) is 42.0 Å². The molecule has 1 aliphatic carbocycles. The van der Waals surface area contributed by atoms with Crippen molar-refractivity contribution in [3.63, 3.8) is 0 Å². The average Bonchev–Trinajstić information content (AvgIpc) is 2.16. The van der Waals surface area contributed by atoms with Gasteiger partial charge in [0.05, 0.1) is 5.56 Å². The van der Waals surface area contributed by atoms with Crippen LogP contribution in [0.15, 0.2) is 18.3 Å². The molecule has 1 heterocycles. The van der Waals surface area contributed by atoms with Crippen molar-refractivity contribution < 1.29 is 9.18 Å². The molecule has 1 aromatic rings. The smallest absolute Gasteiger partial charge is 0.256 e. The van der Waals surface area contributed by atoms with E-state index in [0.717, 1.165) is 19.3 Å². The van der Waals surface area contributed by atoms with Crippen LogP contribution in [0.5, 0.6) is 0 Å². The number of pyridine rings is 1. The summed E-state index contributed by atoms with van der Waals surface area (Å²) in [6.07, 6.45) is 4.37. The zero-order chi connectivity index (χ0) is 10.9. The van der Waals surface area contributed by atoms with Crippen molar-refractivity contribution in [2.45, 2.75) is 31.7 Å². The van der Waals surface area contributed by atoms with E-state index in [2.05, 4.69) is 10.3 Å². The quantitative estimate of drug-likeness (QED) is 0.754. The summed E-state index contributed by atoms with van der Waals surface area (Å²) in [5.41, 5.74) is -0.134. The predicted octanol–water partition coefficient (Wildman–Crippen LogP) is 1.89. The lowest BCUT2D eigenvalue weighted by molar-refractivity contribution is 0.0845. The third-order valence-corrected chi connectivity index (χ3v) is 2.88. The van der Waals surface area contributed by atoms with Crippen LogP contribution in [0, 0.1) is 5.95 Å². The second-order valence-electron chi connectivity index (χ2n) is 4.21. The van der Waals surface area contributed by atoms with Crippen molar-refractivity contribution >= 4 is 5.91 Å². The van der Waals surface area contributed by atoms with Gasteiger partial charge < -0.3 is 5.32 Å². The number of amides is 1. The molecule has 0 aliphatic heterocycles. The van der Waals surface area contributed by atoms with E-state index in [9.17, 15) is 9.18 Å². The van der Waals surface area contributed by atoms with Gasteiger partial charge in [-0.15, -0.1) is 0 Å². The molecule has 0 saturated heterocycles. The summed E-state index contributed by atoms with van der Waals surface area (Å²) in [6, 6.07) is 3.00. The number of nitrogens with zero attached hydrogens (tertiary/aromatic N) is 1. The SMILES string of the molecule is CC1(NC(=O)c2cccnc2F)CCC1. The number of aromatic nitrogens is 1. The molecule has 2 rings (SSSR count). The zero-order valence-corrected chi connectivity index (χ0v) is 8.59. The zero-order valence-electron chi connectivity index (χ0n) is 8.59. The molecule has 0 unspecified atom stereocenters. The highest BCUT2D eigenvalue weighted by Crippen LogP contribution is 2.31. The second kappa shape index (κ2) is 3.61. The van der Waals surface area contributed by atoms with Crippen LogP contribution in [0.1, 0.15) is 36.5 Å². The van der Waals surface area contributed by atoms with Crippen LogP contribution >= 0.6 is 0 Å². The van der Waals surface area contributed by atoms with Crippen LogP contribution < -0.4 is 5.32 Å². The molecule has 0 bridgehead atoms. The summed E-state index contributed by atoms with van der Waals surface area (Å²) in [6.45, 7) is 1.97. The first kappa shape index (κ1) is 10.1. The maximum atomic E-state index is 13.2. The van der Waals surface area contributed by atoms with Gasteiger partial charge in [0.25, 0.3) is 5.91 Å².